The minimum absolute atomic E-state index is 0.0891. The molecule has 0 amide bonds. The molecule has 0 radical (unpaired) electrons. The second-order valence-corrected chi connectivity index (χ2v) is 6.35. The summed E-state index contributed by atoms with van der Waals surface area (Å²) >= 11 is 9.67. The molecule has 0 aliphatic rings. The molecule has 4 nitrogen and oxygen atoms in total. The van der Waals surface area contributed by atoms with E-state index in [2.05, 4.69) is 25.9 Å². The van der Waals surface area contributed by atoms with Crippen LogP contribution in [0.3, 0.4) is 0 Å². The summed E-state index contributed by atoms with van der Waals surface area (Å²) < 4.78 is 1.54. The normalized spacial score (nSPS) is 12.5. The van der Waals surface area contributed by atoms with Crippen molar-refractivity contribution in [1.29, 1.82) is 0 Å². The minimum Gasteiger partial charge on any atom is -0.268 e. The fourth-order valence-electron chi connectivity index (χ4n) is 2.21. The Morgan fingerprint density at radius 1 is 1.29 bits per heavy atom. The molecule has 3 aromatic rings. The van der Waals surface area contributed by atoms with E-state index in [0.717, 1.165) is 0 Å². The molecule has 6 heteroatoms. The van der Waals surface area contributed by atoms with Crippen molar-refractivity contribution in [3.63, 3.8) is 0 Å². The highest BCUT2D eigenvalue weighted by atomic mass is 79.9. The van der Waals surface area contributed by atoms with Gasteiger partial charge in [0.1, 0.15) is 5.82 Å². The molecule has 0 aliphatic carbocycles. The average molecular weight is 365 g/mol. The van der Waals surface area contributed by atoms with Crippen molar-refractivity contribution >= 4 is 38.4 Å². The second kappa shape index (κ2) is 5.58. The van der Waals surface area contributed by atoms with Crippen molar-refractivity contribution in [3.05, 3.63) is 63.9 Å². The van der Waals surface area contributed by atoms with Crippen LogP contribution in [0.15, 0.2) is 47.5 Å². The summed E-state index contributed by atoms with van der Waals surface area (Å²) in [4.78, 5) is 21.4. The third-order valence-electron chi connectivity index (χ3n) is 3.13. The number of pyridine rings is 1. The van der Waals surface area contributed by atoms with Crippen LogP contribution in [0.4, 0.5) is 0 Å². The quantitative estimate of drug-likeness (QED) is 0.648. The van der Waals surface area contributed by atoms with Gasteiger partial charge in [-0.05, 0) is 31.2 Å². The Kier molecular flexibility index (Phi) is 3.78. The van der Waals surface area contributed by atoms with Gasteiger partial charge in [-0.1, -0.05) is 33.6 Å². The zero-order valence-corrected chi connectivity index (χ0v) is 13.5. The summed E-state index contributed by atoms with van der Waals surface area (Å²) in [6.45, 7) is 1.92. The summed E-state index contributed by atoms with van der Waals surface area (Å²) in [7, 11) is 0. The summed E-state index contributed by atoms with van der Waals surface area (Å²) in [5.74, 6) is 0.614. The zero-order valence-electron chi connectivity index (χ0n) is 11.1. The van der Waals surface area contributed by atoms with Crippen molar-refractivity contribution in [2.75, 3.05) is 0 Å². The van der Waals surface area contributed by atoms with Crippen LogP contribution >= 0.6 is 27.5 Å². The van der Waals surface area contributed by atoms with E-state index < -0.39 is 0 Å². The van der Waals surface area contributed by atoms with Gasteiger partial charge < -0.3 is 0 Å². The van der Waals surface area contributed by atoms with Crippen LogP contribution in [0.2, 0.25) is 5.02 Å². The molecule has 0 spiro atoms. The highest BCUT2D eigenvalue weighted by Gasteiger charge is 2.17. The Morgan fingerprint density at radius 3 is 2.76 bits per heavy atom. The lowest BCUT2D eigenvalue weighted by molar-refractivity contribution is 0.825. The fourth-order valence-corrected chi connectivity index (χ4v) is 2.77. The number of nitrogens with zero attached hydrogens (tertiary/aromatic N) is 3. The Balaban J connectivity index is 2.47. The maximum atomic E-state index is 12.9. The number of alkyl halides is 1. The molecule has 2 heterocycles. The van der Waals surface area contributed by atoms with E-state index in [1.165, 1.54) is 0 Å². The van der Waals surface area contributed by atoms with Crippen molar-refractivity contribution in [3.8, 4) is 5.69 Å². The van der Waals surface area contributed by atoms with Crippen LogP contribution in [-0.2, 0) is 0 Å². The van der Waals surface area contributed by atoms with E-state index in [-0.39, 0.29) is 10.4 Å². The molecular weight excluding hydrogens is 354 g/mol. The van der Waals surface area contributed by atoms with Crippen molar-refractivity contribution in [2.45, 2.75) is 11.8 Å². The molecule has 1 unspecified atom stereocenters. The van der Waals surface area contributed by atoms with Gasteiger partial charge in [0.15, 0.2) is 0 Å². The van der Waals surface area contributed by atoms with Gasteiger partial charge in [0.2, 0.25) is 0 Å². The van der Waals surface area contributed by atoms with Crippen LogP contribution in [0.25, 0.3) is 16.6 Å². The first kappa shape index (κ1) is 14.2. The third kappa shape index (κ3) is 2.47. The Morgan fingerprint density at radius 2 is 2.10 bits per heavy atom. The largest absolute Gasteiger partial charge is 0.268 e. The maximum Gasteiger partial charge on any atom is 0.267 e. The van der Waals surface area contributed by atoms with Gasteiger partial charge in [-0.15, -0.1) is 0 Å². The summed E-state index contributed by atoms with van der Waals surface area (Å²) in [6, 6.07) is 8.86. The van der Waals surface area contributed by atoms with Gasteiger partial charge in [0, 0.05) is 6.20 Å². The molecule has 106 valence electrons. The SMILES string of the molecule is CC(Br)c1nc2cccc(Cl)c2c(=O)n1-c1cccnc1. The van der Waals surface area contributed by atoms with Crippen LogP contribution in [-0.4, -0.2) is 14.5 Å². The van der Waals surface area contributed by atoms with Gasteiger partial charge in [0.05, 0.1) is 32.6 Å². The number of hydrogen-bond acceptors (Lipinski definition) is 3. The molecule has 21 heavy (non-hydrogen) atoms. The second-order valence-electron chi connectivity index (χ2n) is 4.57. The first-order chi connectivity index (χ1) is 10.1. The predicted octanol–water partition coefficient (Wildman–Crippen LogP) is 3.89. The first-order valence-corrected chi connectivity index (χ1v) is 7.64. The van der Waals surface area contributed by atoms with E-state index in [1.807, 2.05) is 13.0 Å². The number of benzene rings is 1. The maximum absolute atomic E-state index is 12.9. The lowest BCUT2D eigenvalue weighted by atomic mass is 10.2. The predicted molar refractivity (Wildman–Crippen MR) is 87.5 cm³/mol. The van der Waals surface area contributed by atoms with Gasteiger partial charge in [0.25, 0.3) is 5.56 Å². The molecule has 0 bridgehead atoms. The average Bonchev–Trinajstić information content (AvgIpc) is 2.47. The lowest BCUT2D eigenvalue weighted by Crippen LogP contribution is -2.24. The highest BCUT2D eigenvalue weighted by molar-refractivity contribution is 9.09. The van der Waals surface area contributed by atoms with Crippen LogP contribution < -0.4 is 5.56 Å². The fraction of sp³-hybridized carbons (Fsp3) is 0.133. The number of halogens is 2. The van der Waals surface area contributed by atoms with Crippen LogP contribution in [0.1, 0.15) is 17.6 Å². The summed E-state index contributed by atoms with van der Waals surface area (Å²) in [6.07, 6.45) is 3.29. The number of fused-ring (bicyclic) bond motifs is 1. The molecule has 1 aromatic carbocycles. The monoisotopic (exact) mass is 363 g/mol. The number of aromatic nitrogens is 3. The molecule has 0 saturated heterocycles. The smallest absolute Gasteiger partial charge is 0.267 e. The lowest BCUT2D eigenvalue weighted by Gasteiger charge is -2.15. The summed E-state index contributed by atoms with van der Waals surface area (Å²) in [5, 5.41) is 0.816. The van der Waals surface area contributed by atoms with Gasteiger partial charge in [-0.2, -0.15) is 0 Å². The van der Waals surface area contributed by atoms with E-state index in [1.54, 1.807) is 41.2 Å². The Bertz CT molecular complexity index is 862. The van der Waals surface area contributed by atoms with Gasteiger partial charge in [-0.25, -0.2) is 4.98 Å². The molecule has 2 aromatic heterocycles. The number of hydrogen-bond donors (Lipinski definition) is 0. The van der Waals surface area contributed by atoms with Gasteiger partial charge in [-0.3, -0.25) is 14.3 Å². The molecule has 3 rings (SSSR count). The summed E-state index contributed by atoms with van der Waals surface area (Å²) in [5.41, 5.74) is 1.06. The third-order valence-corrected chi connectivity index (χ3v) is 3.86. The highest BCUT2D eigenvalue weighted by Crippen LogP contribution is 2.25. The standard InChI is InChI=1S/C15H11BrClN3O/c1-9(16)14-19-12-6-2-5-11(17)13(12)15(21)20(14)10-4-3-7-18-8-10/h2-9H,1H3. The Hall–Kier alpha value is -1.72. The van der Waals surface area contributed by atoms with Crippen molar-refractivity contribution in [1.82, 2.24) is 14.5 Å². The Labute approximate surface area is 134 Å². The van der Waals surface area contributed by atoms with Crippen molar-refractivity contribution < 1.29 is 0 Å². The van der Waals surface area contributed by atoms with Crippen molar-refractivity contribution in [2.24, 2.45) is 0 Å². The topological polar surface area (TPSA) is 47.8 Å². The van der Waals surface area contributed by atoms with E-state index in [0.29, 0.717) is 27.4 Å². The van der Waals surface area contributed by atoms with E-state index in [4.69, 9.17) is 11.6 Å². The minimum atomic E-state index is -0.195. The first-order valence-electron chi connectivity index (χ1n) is 6.35. The zero-order chi connectivity index (χ0) is 15.0. The van der Waals surface area contributed by atoms with Gasteiger partial charge >= 0.3 is 0 Å². The van der Waals surface area contributed by atoms with E-state index >= 15 is 0 Å². The molecule has 0 fully saturated rings. The van der Waals surface area contributed by atoms with Crippen LogP contribution in [0.5, 0.6) is 0 Å². The molecular formula is C15H11BrClN3O. The molecule has 0 saturated carbocycles. The van der Waals surface area contributed by atoms with E-state index in [9.17, 15) is 4.79 Å². The molecule has 0 aliphatic heterocycles. The molecule has 1 atom stereocenters. The van der Waals surface area contributed by atoms with Crippen LogP contribution in [0, 0.1) is 0 Å². The molecule has 0 N–H and O–H groups in total. The number of rotatable bonds is 2.